The van der Waals surface area contributed by atoms with Crippen molar-refractivity contribution in [2.45, 2.75) is 24.8 Å². The molecule has 9 nitrogen and oxygen atoms in total. The number of nitrogens with one attached hydrogen (secondary N) is 1. The van der Waals surface area contributed by atoms with Crippen molar-refractivity contribution < 1.29 is 31.1 Å². The van der Waals surface area contributed by atoms with Gasteiger partial charge in [0.25, 0.3) is 5.56 Å². The van der Waals surface area contributed by atoms with Crippen molar-refractivity contribution in [2.75, 3.05) is 36.0 Å². The van der Waals surface area contributed by atoms with Gasteiger partial charge in [-0.3, -0.25) is 9.59 Å². The molecule has 0 unspecified atom stereocenters. The first-order valence-corrected chi connectivity index (χ1v) is 11.4. The van der Waals surface area contributed by atoms with Crippen LogP contribution in [0, 0.1) is 0 Å². The number of nitrogens with zero attached hydrogens (tertiary/aromatic N) is 6. The number of hydrogen-bond donors (Lipinski definition) is 1. The highest BCUT2D eigenvalue weighted by atomic mass is 19.4. The van der Waals surface area contributed by atoms with Crippen LogP contribution in [-0.2, 0) is 23.6 Å². The Kier molecular flexibility index (Phi) is 6.23. The molecule has 2 aliphatic heterocycles. The van der Waals surface area contributed by atoms with Gasteiger partial charge in [-0.1, -0.05) is 18.2 Å². The summed E-state index contributed by atoms with van der Waals surface area (Å²) in [6, 6.07) is 6.54. The average molecular weight is 539 g/mol. The molecule has 1 fully saturated rings. The molecule has 4 heterocycles. The number of hydrogen-bond acceptors (Lipinski definition) is 7. The van der Waals surface area contributed by atoms with E-state index in [1.54, 1.807) is 29.2 Å². The van der Waals surface area contributed by atoms with Crippen LogP contribution in [0.3, 0.4) is 0 Å². The summed E-state index contributed by atoms with van der Waals surface area (Å²) in [5.74, 6) is -0.495. The number of aromatic amines is 1. The fraction of sp³-hybridized carbons (Fsp3) is 0.348. The SMILES string of the molecule is O=C([C@@H]1Cc2ccccc2N1c1cc(C(F)(F)F)c(=O)[nH]n1)N1CCN(c2ncc(C(F)(F)F)cn2)CC1. The molecule has 2 aliphatic rings. The summed E-state index contributed by atoms with van der Waals surface area (Å²) >= 11 is 0. The van der Waals surface area contributed by atoms with Gasteiger partial charge in [0.05, 0.1) is 5.56 Å². The van der Waals surface area contributed by atoms with Gasteiger partial charge < -0.3 is 14.7 Å². The standard InChI is InChI=1S/C23H19F6N7O2/c24-22(25,26)14-11-30-21(31-12-14)35-7-5-34(6-8-35)20(38)17-9-13-3-1-2-4-16(13)36(17)18-10-15(23(27,28)29)19(37)33-32-18/h1-4,10-12,17H,5-9H2,(H,33,37)/t17-/m0/s1. The van der Waals surface area contributed by atoms with Crippen LogP contribution in [0.2, 0.25) is 0 Å². The lowest BCUT2D eigenvalue weighted by molar-refractivity contribution is -0.139. The molecule has 200 valence electrons. The number of benzene rings is 1. The van der Waals surface area contributed by atoms with Crippen molar-refractivity contribution in [2.24, 2.45) is 0 Å². The Labute approximate surface area is 210 Å². The zero-order valence-corrected chi connectivity index (χ0v) is 19.4. The van der Waals surface area contributed by atoms with Crippen LogP contribution >= 0.6 is 0 Å². The summed E-state index contributed by atoms with van der Waals surface area (Å²) in [4.78, 5) is 37.5. The van der Waals surface area contributed by atoms with Crippen LogP contribution in [0.25, 0.3) is 0 Å². The summed E-state index contributed by atoms with van der Waals surface area (Å²) < 4.78 is 78.6. The predicted molar refractivity (Wildman–Crippen MR) is 122 cm³/mol. The highest BCUT2D eigenvalue weighted by Crippen LogP contribution is 2.39. The lowest BCUT2D eigenvalue weighted by Gasteiger charge is -2.37. The second kappa shape index (κ2) is 9.29. The van der Waals surface area contributed by atoms with E-state index in [0.29, 0.717) is 24.1 Å². The number of fused-ring (bicyclic) bond motifs is 1. The molecule has 0 radical (unpaired) electrons. The molecule has 0 bridgehead atoms. The van der Waals surface area contributed by atoms with Gasteiger partial charge in [0.2, 0.25) is 11.9 Å². The number of H-pyrrole nitrogens is 1. The summed E-state index contributed by atoms with van der Waals surface area (Å²) in [6.07, 6.45) is -7.88. The van der Waals surface area contributed by atoms with Gasteiger partial charge in [0, 0.05) is 56.7 Å². The van der Waals surface area contributed by atoms with E-state index >= 15 is 0 Å². The van der Waals surface area contributed by atoms with Gasteiger partial charge in [-0.05, 0) is 11.6 Å². The Morgan fingerprint density at radius 3 is 2.24 bits per heavy atom. The highest BCUT2D eigenvalue weighted by molar-refractivity contribution is 5.91. The fourth-order valence-corrected chi connectivity index (χ4v) is 4.56. The van der Waals surface area contributed by atoms with Gasteiger partial charge in [0.15, 0.2) is 5.82 Å². The van der Waals surface area contributed by atoms with Crippen molar-refractivity contribution in [1.29, 1.82) is 0 Å². The largest absolute Gasteiger partial charge is 0.421 e. The number of alkyl halides is 6. The van der Waals surface area contributed by atoms with E-state index in [4.69, 9.17) is 0 Å². The molecule has 1 N–H and O–H groups in total. The smallest absolute Gasteiger partial charge is 0.337 e. The van der Waals surface area contributed by atoms with Crippen LogP contribution in [0.5, 0.6) is 0 Å². The topological polar surface area (TPSA) is 98.3 Å². The van der Waals surface area contributed by atoms with Crippen LogP contribution in [-0.4, -0.2) is 63.2 Å². The van der Waals surface area contributed by atoms with Crippen molar-refractivity contribution in [3.63, 3.8) is 0 Å². The number of rotatable bonds is 3. The first kappa shape index (κ1) is 25.5. The first-order chi connectivity index (χ1) is 17.9. The van der Waals surface area contributed by atoms with Gasteiger partial charge in [-0.2, -0.15) is 31.4 Å². The average Bonchev–Trinajstić information content (AvgIpc) is 3.27. The number of carbonyl (C=O) groups excluding carboxylic acids is 1. The quantitative estimate of drug-likeness (QED) is 0.511. The third kappa shape index (κ3) is 4.75. The zero-order chi connectivity index (χ0) is 27.2. The van der Waals surface area contributed by atoms with Crippen molar-refractivity contribution in [1.82, 2.24) is 25.1 Å². The third-order valence-electron chi connectivity index (χ3n) is 6.44. The maximum atomic E-state index is 13.6. The Morgan fingerprint density at radius 1 is 0.947 bits per heavy atom. The van der Waals surface area contributed by atoms with Crippen molar-refractivity contribution in [3.05, 3.63) is 69.8 Å². The molecular weight excluding hydrogens is 520 g/mol. The number of halogens is 6. The molecule has 2 aromatic heterocycles. The molecule has 0 saturated carbocycles. The van der Waals surface area contributed by atoms with Crippen LogP contribution in [0.1, 0.15) is 16.7 Å². The molecular formula is C23H19F6N7O2. The Hall–Kier alpha value is -4.17. The minimum atomic E-state index is -4.92. The first-order valence-electron chi connectivity index (χ1n) is 11.4. The molecule has 0 aliphatic carbocycles. The summed E-state index contributed by atoms with van der Waals surface area (Å²) in [5, 5.41) is 5.68. The van der Waals surface area contributed by atoms with E-state index in [1.165, 1.54) is 9.80 Å². The second-order valence-corrected chi connectivity index (χ2v) is 8.77. The monoisotopic (exact) mass is 539 g/mol. The van der Waals surface area contributed by atoms with E-state index in [-0.39, 0.29) is 50.3 Å². The van der Waals surface area contributed by atoms with E-state index in [1.807, 2.05) is 5.10 Å². The molecule has 1 atom stereocenters. The number of para-hydroxylation sites is 1. The molecule has 1 saturated heterocycles. The molecule has 1 amide bonds. The number of anilines is 3. The maximum absolute atomic E-state index is 13.6. The molecule has 0 spiro atoms. The summed E-state index contributed by atoms with van der Waals surface area (Å²) in [7, 11) is 0. The van der Waals surface area contributed by atoms with Gasteiger partial charge in [-0.25, -0.2) is 15.1 Å². The molecule has 3 aromatic rings. The van der Waals surface area contributed by atoms with E-state index in [9.17, 15) is 35.9 Å². The van der Waals surface area contributed by atoms with Crippen molar-refractivity contribution in [3.8, 4) is 0 Å². The van der Waals surface area contributed by atoms with Crippen LogP contribution in [0.15, 0.2) is 47.5 Å². The third-order valence-corrected chi connectivity index (χ3v) is 6.44. The van der Waals surface area contributed by atoms with Gasteiger partial charge in [0.1, 0.15) is 11.6 Å². The van der Waals surface area contributed by atoms with E-state index < -0.39 is 35.1 Å². The Bertz CT molecular complexity index is 1400. The normalized spacial score (nSPS) is 18.1. The number of carbonyl (C=O) groups is 1. The highest BCUT2D eigenvalue weighted by Gasteiger charge is 2.41. The molecule has 1 aromatic carbocycles. The fourth-order valence-electron chi connectivity index (χ4n) is 4.56. The molecule has 15 heteroatoms. The van der Waals surface area contributed by atoms with Crippen molar-refractivity contribution >= 4 is 23.4 Å². The molecule has 5 rings (SSSR count). The maximum Gasteiger partial charge on any atom is 0.421 e. The van der Waals surface area contributed by atoms with Crippen LogP contribution < -0.4 is 15.4 Å². The summed E-state index contributed by atoms with van der Waals surface area (Å²) in [6.45, 7) is 0.866. The Morgan fingerprint density at radius 2 is 1.61 bits per heavy atom. The second-order valence-electron chi connectivity index (χ2n) is 8.77. The number of piperazine rings is 1. The van der Waals surface area contributed by atoms with E-state index in [0.717, 1.165) is 5.56 Å². The number of amides is 1. The summed E-state index contributed by atoms with van der Waals surface area (Å²) in [5.41, 5.74) is -2.57. The number of aromatic nitrogens is 4. The predicted octanol–water partition coefficient (Wildman–Crippen LogP) is 3.01. The van der Waals surface area contributed by atoms with E-state index in [2.05, 4.69) is 15.1 Å². The lowest BCUT2D eigenvalue weighted by atomic mass is 10.1. The minimum absolute atomic E-state index is 0.0946. The van der Waals surface area contributed by atoms with Crippen LogP contribution in [0.4, 0.5) is 43.8 Å². The zero-order valence-electron chi connectivity index (χ0n) is 19.4. The minimum Gasteiger partial charge on any atom is -0.337 e. The van der Waals surface area contributed by atoms with Gasteiger partial charge in [-0.15, -0.1) is 0 Å². The Balaban J connectivity index is 1.36. The lowest BCUT2D eigenvalue weighted by Crippen LogP contribution is -2.54. The van der Waals surface area contributed by atoms with Gasteiger partial charge >= 0.3 is 12.4 Å². The molecule has 38 heavy (non-hydrogen) atoms.